The molecule has 2 rings (SSSR count). The second-order valence-corrected chi connectivity index (χ2v) is 7.31. The van der Waals surface area contributed by atoms with Crippen molar-refractivity contribution >= 4 is 5.91 Å². The summed E-state index contributed by atoms with van der Waals surface area (Å²) in [4.78, 5) is 14.7. The summed E-state index contributed by atoms with van der Waals surface area (Å²) in [5, 5.41) is 12.8. The van der Waals surface area contributed by atoms with Crippen LogP contribution < -0.4 is 5.32 Å². The summed E-state index contributed by atoms with van der Waals surface area (Å²) in [5.74, 6) is -0.00918. The summed E-state index contributed by atoms with van der Waals surface area (Å²) in [7, 11) is 0. The van der Waals surface area contributed by atoms with Crippen LogP contribution in [0.5, 0.6) is 0 Å². The molecule has 2 N–H and O–H groups in total. The lowest BCUT2D eigenvalue weighted by Gasteiger charge is -2.23. The van der Waals surface area contributed by atoms with Gasteiger partial charge in [0.15, 0.2) is 0 Å². The Labute approximate surface area is 139 Å². The Morgan fingerprint density at radius 3 is 2.43 bits per heavy atom. The number of nitrogens with one attached hydrogen (secondary N) is 1. The van der Waals surface area contributed by atoms with Crippen LogP contribution in [0.1, 0.15) is 56.0 Å². The van der Waals surface area contributed by atoms with Gasteiger partial charge in [0.2, 0.25) is 0 Å². The third-order valence-corrected chi connectivity index (χ3v) is 4.56. The molecule has 1 saturated heterocycles. The molecule has 1 atom stereocenters. The van der Waals surface area contributed by atoms with Crippen molar-refractivity contribution in [2.75, 3.05) is 19.6 Å². The van der Waals surface area contributed by atoms with Crippen LogP contribution in [0.3, 0.4) is 0 Å². The van der Waals surface area contributed by atoms with Crippen molar-refractivity contribution in [3.63, 3.8) is 0 Å². The summed E-state index contributed by atoms with van der Waals surface area (Å²) < 4.78 is 0. The molecule has 23 heavy (non-hydrogen) atoms. The lowest BCUT2D eigenvalue weighted by Crippen LogP contribution is -2.40. The van der Waals surface area contributed by atoms with E-state index in [0.29, 0.717) is 24.6 Å². The number of rotatable bonds is 7. The summed E-state index contributed by atoms with van der Waals surface area (Å²) in [6.07, 6.45) is 4.07. The van der Waals surface area contributed by atoms with Crippen LogP contribution in [-0.2, 0) is 6.42 Å². The fourth-order valence-electron chi connectivity index (χ4n) is 2.93. The van der Waals surface area contributed by atoms with Gasteiger partial charge in [-0.1, -0.05) is 12.1 Å². The second kappa shape index (κ2) is 7.93. The monoisotopic (exact) mass is 318 g/mol. The van der Waals surface area contributed by atoms with E-state index in [1.165, 1.54) is 12.8 Å². The predicted octanol–water partition coefficient (Wildman–Crippen LogP) is 2.60. The zero-order chi connectivity index (χ0) is 16.9. The van der Waals surface area contributed by atoms with Crippen LogP contribution in [0.15, 0.2) is 24.3 Å². The molecule has 1 aliphatic heterocycles. The maximum absolute atomic E-state index is 12.2. The quantitative estimate of drug-likeness (QED) is 0.812. The summed E-state index contributed by atoms with van der Waals surface area (Å²) in [5.41, 5.74) is 1.20. The molecule has 1 fully saturated rings. The topological polar surface area (TPSA) is 52.6 Å². The normalized spacial score (nSPS) is 17.2. The Morgan fingerprint density at radius 2 is 1.87 bits per heavy atom. The molecule has 0 spiro atoms. The van der Waals surface area contributed by atoms with Crippen LogP contribution in [0, 0.1) is 0 Å². The molecular formula is C19H30N2O2. The Balaban J connectivity index is 1.80. The average Bonchev–Trinajstić information content (AvgIpc) is 3.04. The number of aliphatic hydroxyl groups is 1. The van der Waals surface area contributed by atoms with Gasteiger partial charge in [-0.3, -0.25) is 9.69 Å². The highest BCUT2D eigenvalue weighted by molar-refractivity contribution is 5.94. The van der Waals surface area contributed by atoms with Gasteiger partial charge in [0.05, 0.1) is 5.60 Å². The summed E-state index contributed by atoms with van der Waals surface area (Å²) in [6, 6.07) is 8.09. The molecule has 1 aromatic carbocycles. The highest BCUT2D eigenvalue weighted by atomic mass is 16.3. The number of likely N-dealkylation sites (tertiary alicyclic amines) is 1. The van der Waals surface area contributed by atoms with Crippen LogP contribution in [0.25, 0.3) is 0 Å². The molecule has 0 aromatic heterocycles. The first-order chi connectivity index (χ1) is 10.8. The molecule has 0 saturated carbocycles. The van der Waals surface area contributed by atoms with E-state index in [9.17, 15) is 9.90 Å². The average molecular weight is 318 g/mol. The van der Waals surface area contributed by atoms with Crippen molar-refractivity contribution in [3.05, 3.63) is 35.4 Å². The molecule has 1 aliphatic rings. The van der Waals surface area contributed by atoms with E-state index in [1.807, 2.05) is 38.1 Å². The Morgan fingerprint density at radius 1 is 1.26 bits per heavy atom. The Kier molecular flexibility index (Phi) is 6.19. The van der Waals surface area contributed by atoms with Gasteiger partial charge in [-0.2, -0.15) is 0 Å². The summed E-state index contributed by atoms with van der Waals surface area (Å²) in [6.45, 7) is 8.79. The molecule has 0 bridgehead atoms. The first kappa shape index (κ1) is 18.0. The zero-order valence-electron chi connectivity index (χ0n) is 14.6. The van der Waals surface area contributed by atoms with E-state index in [1.54, 1.807) is 0 Å². The smallest absolute Gasteiger partial charge is 0.251 e. The molecule has 1 amide bonds. The fourth-order valence-corrected chi connectivity index (χ4v) is 2.93. The number of benzene rings is 1. The lowest BCUT2D eigenvalue weighted by molar-refractivity contribution is 0.0713. The zero-order valence-corrected chi connectivity index (χ0v) is 14.6. The SMILES string of the molecule is CC(CNC(=O)c1ccc(CCC(C)(C)O)cc1)N1CCCC1. The van der Waals surface area contributed by atoms with Gasteiger partial charge < -0.3 is 10.4 Å². The van der Waals surface area contributed by atoms with E-state index >= 15 is 0 Å². The van der Waals surface area contributed by atoms with Crippen LogP contribution in [-0.4, -0.2) is 47.2 Å². The third kappa shape index (κ3) is 5.96. The van der Waals surface area contributed by atoms with Crippen molar-refractivity contribution in [2.45, 2.75) is 58.1 Å². The van der Waals surface area contributed by atoms with Crippen LogP contribution in [0.2, 0.25) is 0 Å². The number of carbonyl (C=O) groups is 1. The minimum Gasteiger partial charge on any atom is -0.390 e. The molecular weight excluding hydrogens is 288 g/mol. The second-order valence-electron chi connectivity index (χ2n) is 7.31. The number of hydrogen-bond donors (Lipinski definition) is 2. The van der Waals surface area contributed by atoms with E-state index in [4.69, 9.17) is 0 Å². The van der Waals surface area contributed by atoms with E-state index in [2.05, 4.69) is 17.1 Å². The minimum atomic E-state index is -0.651. The molecule has 4 heteroatoms. The van der Waals surface area contributed by atoms with Crippen LogP contribution >= 0.6 is 0 Å². The van der Waals surface area contributed by atoms with Gasteiger partial charge in [-0.15, -0.1) is 0 Å². The molecule has 1 unspecified atom stereocenters. The highest BCUT2D eigenvalue weighted by Crippen LogP contribution is 2.14. The fraction of sp³-hybridized carbons (Fsp3) is 0.632. The number of nitrogens with zero attached hydrogens (tertiary/aromatic N) is 1. The van der Waals surface area contributed by atoms with Gasteiger partial charge >= 0.3 is 0 Å². The number of aryl methyl sites for hydroxylation is 1. The first-order valence-electron chi connectivity index (χ1n) is 8.69. The third-order valence-electron chi connectivity index (χ3n) is 4.56. The minimum absolute atomic E-state index is 0.00918. The number of amides is 1. The standard InChI is InChI=1S/C19H30N2O2/c1-15(21-12-4-5-13-21)14-20-18(22)17-8-6-16(7-9-17)10-11-19(2,3)23/h6-9,15,23H,4-5,10-14H2,1-3H3,(H,20,22). The lowest BCUT2D eigenvalue weighted by atomic mass is 9.98. The van der Waals surface area contributed by atoms with Crippen molar-refractivity contribution in [3.8, 4) is 0 Å². The van der Waals surface area contributed by atoms with Crippen molar-refractivity contribution in [2.24, 2.45) is 0 Å². The van der Waals surface area contributed by atoms with E-state index in [-0.39, 0.29) is 5.91 Å². The molecule has 128 valence electrons. The van der Waals surface area contributed by atoms with Crippen LogP contribution in [0.4, 0.5) is 0 Å². The molecule has 0 aliphatic carbocycles. The molecule has 0 radical (unpaired) electrons. The van der Waals surface area contributed by atoms with Crippen molar-refractivity contribution in [1.82, 2.24) is 10.2 Å². The molecule has 4 nitrogen and oxygen atoms in total. The molecule has 1 heterocycles. The maximum Gasteiger partial charge on any atom is 0.251 e. The van der Waals surface area contributed by atoms with Crippen molar-refractivity contribution < 1.29 is 9.90 Å². The predicted molar refractivity (Wildman–Crippen MR) is 93.7 cm³/mol. The largest absolute Gasteiger partial charge is 0.390 e. The van der Waals surface area contributed by atoms with Gasteiger partial charge in [0, 0.05) is 18.2 Å². The van der Waals surface area contributed by atoms with Gasteiger partial charge in [-0.05, 0) is 77.2 Å². The van der Waals surface area contributed by atoms with Crippen molar-refractivity contribution in [1.29, 1.82) is 0 Å². The first-order valence-corrected chi connectivity index (χ1v) is 8.69. The number of hydrogen-bond acceptors (Lipinski definition) is 3. The van der Waals surface area contributed by atoms with E-state index < -0.39 is 5.60 Å². The van der Waals surface area contributed by atoms with Gasteiger partial charge in [0.25, 0.3) is 5.91 Å². The Bertz CT molecular complexity index is 499. The van der Waals surface area contributed by atoms with E-state index in [0.717, 1.165) is 25.1 Å². The summed E-state index contributed by atoms with van der Waals surface area (Å²) >= 11 is 0. The maximum atomic E-state index is 12.2. The van der Waals surface area contributed by atoms with Gasteiger partial charge in [-0.25, -0.2) is 0 Å². The van der Waals surface area contributed by atoms with Gasteiger partial charge in [0.1, 0.15) is 0 Å². The molecule has 1 aromatic rings. The number of carbonyl (C=O) groups excluding carboxylic acids is 1. The highest BCUT2D eigenvalue weighted by Gasteiger charge is 2.18. The Hall–Kier alpha value is -1.39.